The molecule has 4 N–H and O–H groups in total. The Bertz CT molecular complexity index is 697. The van der Waals surface area contributed by atoms with Crippen LogP contribution < -0.4 is 16.2 Å². The predicted molar refractivity (Wildman–Crippen MR) is 90.1 cm³/mol. The molecule has 2 aromatic carbocycles. The first-order chi connectivity index (χ1) is 10.7. The minimum Gasteiger partial charge on any atom is -0.456 e. The van der Waals surface area contributed by atoms with Crippen LogP contribution in [0.25, 0.3) is 0 Å². The number of hydrogen-bond donors (Lipinski definition) is 2. The summed E-state index contributed by atoms with van der Waals surface area (Å²) in [5.41, 5.74) is 12.9. The molecule has 0 saturated heterocycles. The molecule has 0 fully saturated rings. The molecule has 0 radical (unpaired) electrons. The van der Waals surface area contributed by atoms with Crippen molar-refractivity contribution in [1.29, 1.82) is 0 Å². The van der Waals surface area contributed by atoms with Crippen molar-refractivity contribution < 1.29 is 4.74 Å². The number of anilines is 2. The minimum absolute atomic E-state index is 0.505. The predicted octanol–water partition coefficient (Wildman–Crippen LogP) is 4.19. The van der Waals surface area contributed by atoms with E-state index in [1.54, 1.807) is 30.2 Å². The van der Waals surface area contributed by atoms with Gasteiger partial charge in [0.25, 0.3) is 0 Å². The van der Waals surface area contributed by atoms with E-state index in [1.165, 1.54) is 0 Å². The maximum Gasteiger partial charge on any atom is 0.143 e. The summed E-state index contributed by atoms with van der Waals surface area (Å²) in [5.74, 6) is 1.43. The second kappa shape index (κ2) is 6.41. The van der Waals surface area contributed by atoms with Gasteiger partial charge in [0.05, 0.1) is 16.3 Å². The van der Waals surface area contributed by atoms with Crippen LogP contribution in [0.4, 0.5) is 11.4 Å². The summed E-state index contributed by atoms with van der Waals surface area (Å²) in [7, 11) is 0. The van der Waals surface area contributed by atoms with Gasteiger partial charge in [0.15, 0.2) is 0 Å². The summed E-state index contributed by atoms with van der Waals surface area (Å²) >= 11 is 1.56. The fourth-order valence-corrected chi connectivity index (χ4v) is 2.80. The van der Waals surface area contributed by atoms with Gasteiger partial charge in [-0.15, -0.1) is 0 Å². The number of para-hydroxylation sites is 1. The maximum atomic E-state index is 5.95. The zero-order valence-electron chi connectivity index (χ0n) is 11.8. The van der Waals surface area contributed by atoms with E-state index < -0.39 is 0 Å². The molecule has 0 saturated carbocycles. The molecule has 0 aliphatic heterocycles. The first kappa shape index (κ1) is 14.3. The monoisotopic (exact) mass is 309 g/mol. The van der Waals surface area contributed by atoms with Crippen LogP contribution in [0.1, 0.15) is 0 Å². The van der Waals surface area contributed by atoms with Crippen LogP contribution in [0.5, 0.6) is 11.5 Å². The summed E-state index contributed by atoms with van der Waals surface area (Å²) < 4.78 is 5.95. The molecule has 22 heavy (non-hydrogen) atoms. The van der Waals surface area contributed by atoms with E-state index in [0.29, 0.717) is 17.1 Å². The highest BCUT2D eigenvalue weighted by Crippen LogP contribution is 2.40. The Balaban J connectivity index is 1.95. The third kappa shape index (κ3) is 3.32. The Morgan fingerprint density at radius 1 is 0.864 bits per heavy atom. The highest BCUT2D eigenvalue weighted by Gasteiger charge is 2.10. The number of pyridine rings is 1. The van der Waals surface area contributed by atoms with Crippen molar-refractivity contribution in [1.82, 2.24) is 4.98 Å². The molecule has 1 aromatic heterocycles. The topological polar surface area (TPSA) is 74.2 Å². The standard InChI is InChI=1S/C17H15N3OS/c18-14-10-16(21-12-4-2-1-3-5-12)17(11-15(14)19)22-13-6-8-20-9-7-13/h1-11H,18-19H2. The third-order valence-electron chi connectivity index (χ3n) is 3.00. The first-order valence-corrected chi connectivity index (χ1v) is 7.54. The van der Waals surface area contributed by atoms with Crippen molar-refractivity contribution in [3.8, 4) is 11.5 Å². The van der Waals surface area contributed by atoms with Crippen LogP contribution in [0.3, 0.4) is 0 Å². The fraction of sp³-hybridized carbons (Fsp3) is 0. The number of nitrogens with zero attached hydrogens (tertiary/aromatic N) is 1. The third-order valence-corrected chi connectivity index (χ3v) is 4.04. The van der Waals surface area contributed by atoms with E-state index in [-0.39, 0.29) is 0 Å². The van der Waals surface area contributed by atoms with Crippen LogP contribution >= 0.6 is 11.8 Å². The number of nitrogens with two attached hydrogens (primary N) is 2. The molecule has 0 atom stereocenters. The lowest BCUT2D eigenvalue weighted by molar-refractivity contribution is 0.471. The van der Waals surface area contributed by atoms with Crippen LogP contribution in [0.2, 0.25) is 0 Å². The molecule has 0 aliphatic rings. The van der Waals surface area contributed by atoms with Gasteiger partial charge in [0, 0.05) is 23.4 Å². The lowest BCUT2D eigenvalue weighted by Gasteiger charge is -2.13. The normalized spacial score (nSPS) is 10.4. The van der Waals surface area contributed by atoms with E-state index in [0.717, 1.165) is 15.5 Å². The molecule has 1 heterocycles. The SMILES string of the molecule is Nc1cc(Oc2ccccc2)c(Sc2ccncc2)cc1N. The molecule has 5 heteroatoms. The minimum atomic E-state index is 0.505. The number of benzene rings is 2. The molecule has 3 rings (SSSR count). The highest BCUT2D eigenvalue weighted by atomic mass is 32.2. The Kier molecular flexibility index (Phi) is 4.16. The molecule has 0 aliphatic carbocycles. The molecule has 3 aromatic rings. The van der Waals surface area contributed by atoms with Crippen LogP contribution in [-0.4, -0.2) is 4.98 Å². The van der Waals surface area contributed by atoms with Gasteiger partial charge in [-0.1, -0.05) is 30.0 Å². The summed E-state index contributed by atoms with van der Waals surface area (Å²) in [4.78, 5) is 5.98. The number of rotatable bonds is 4. The number of aromatic nitrogens is 1. The number of nitrogen functional groups attached to an aromatic ring is 2. The van der Waals surface area contributed by atoms with E-state index in [2.05, 4.69) is 4.98 Å². The highest BCUT2D eigenvalue weighted by molar-refractivity contribution is 7.99. The van der Waals surface area contributed by atoms with Gasteiger partial charge in [-0.05, 0) is 30.3 Å². The number of hydrogen-bond acceptors (Lipinski definition) is 5. The van der Waals surface area contributed by atoms with Crippen molar-refractivity contribution in [2.24, 2.45) is 0 Å². The van der Waals surface area contributed by atoms with Crippen LogP contribution in [0.15, 0.2) is 76.8 Å². The Labute approximate surface area is 133 Å². The van der Waals surface area contributed by atoms with E-state index in [4.69, 9.17) is 16.2 Å². The van der Waals surface area contributed by atoms with Gasteiger partial charge in [0.2, 0.25) is 0 Å². The Hall–Kier alpha value is -2.66. The van der Waals surface area contributed by atoms with E-state index in [1.807, 2.05) is 48.5 Å². The van der Waals surface area contributed by atoms with Crippen molar-refractivity contribution in [3.63, 3.8) is 0 Å². The molecule has 0 bridgehead atoms. The van der Waals surface area contributed by atoms with E-state index in [9.17, 15) is 0 Å². The van der Waals surface area contributed by atoms with Gasteiger partial charge >= 0.3 is 0 Å². The molecule has 0 unspecified atom stereocenters. The lowest BCUT2D eigenvalue weighted by Crippen LogP contribution is -1.97. The molecular weight excluding hydrogens is 294 g/mol. The molecule has 0 amide bonds. The largest absolute Gasteiger partial charge is 0.456 e. The van der Waals surface area contributed by atoms with Gasteiger partial charge in [-0.2, -0.15) is 0 Å². The Morgan fingerprint density at radius 2 is 1.55 bits per heavy atom. The number of ether oxygens (including phenoxy) is 1. The summed E-state index contributed by atoms with van der Waals surface area (Å²) in [6.45, 7) is 0. The van der Waals surface area contributed by atoms with Crippen LogP contribution in [-0.2, 0) is 0 Å². The van der Waals surface area contributed by atoms with Crippen LogP contribution in [0, 0.1) is 0 Å². The quantitative estimate of drug-likeness (QED) is 0.707. The molecule has 4 nitrogen and oxygen atoms in total. The zero-order chi connectivity index (χ0) is 15.4. The van der Waals surface area contributed by atoms with Gasteiger partial charge in [-0.3, -0.25) is 4.98 Å². The molecule has 0 spiro atoms. The maximum absolute atomic E-state index is 5.95. The summed E-state index contributed by atoms with van der Waals surface area (Å²) in [5, 5.41) is 0. The smallest absolute Gasteiger partial charge is 0.143 e. The zero-order valence-corrected chi connectivity index (χ0v) is 12.6. The second-order valence-corrected chi connectivity index (χ2v) is 5.74. The van der Waals surface area contributed by atoms with E-state index >= 15 is 0 Å². The van der Waals surface area contributed by atoms with Gasteiger partial charge < -0.3 is 16.2 Å². The average Bonchev–Trinajstić information content (AvgIpc) is 2.54. The fourth-order valence-electron chi connectivity index (χ4n) is 1.90. The van der Waals surface area contributed by atoms with Crippen molar-refractivity contribution in [3.05, 3.63) is 67.0 Å². The van der Waals surface area contributed by atoms with Gasteiger partial charge in [-0.25, -0.2) is 0 Å². The van der Waals surface area contributed by atoms with Crippen molar-refractivity contribution in [2.75, 3.05) is 11.5 Å². The first-order valence-electron chi connectivity index (χ1n) is 6.72. The molecular formula is C17H15N3OS. The van der Waals surface area contributed by atoms with Crippen molar-refractivity contribution in [2.45, 2.75) is 9.79 Å². The lowest BCUT2D eigenvalue weighted by atomic mass is 10.2. The van der Waals surface area contributed by atoms with Gasteiger partial charge in [0.1, 0.15) is 11.5 Å². The Morgan fingerprint density at radius 3 is 2.27 bits per heavy atom. The van der Waals surface area contributed by atoms with Crippen molar-refractivity contribution >= 4 is 23.1 Å². The summed E-state index contributed by atoms with van der Waals surface area (Å²) in [6, 6.07) is 17.0. The average molecular weight is 309 g/mol. The molecule has 110 valence electrons. The summed E-state index contributed by atoms with van der Waals surface area (Å²) in [6.07, 6.45) is 3.50. The second-order valence-electron chi connectivity index (χ2n) is 4.63.